The SMILES string of the molecule is Cc1c(C(=O)N[C@H]2C[C@](C)(C(=O)O)C2)cc(-c2cc(C(C)(C)C)cc(C3(C)CC3)c2)n1CC1CCCCC1. The normalized spacial score (nSPS) is 25.1. The molecule has 1 amide bonds. The summed E-state index contributed by atoms with van der Waals surface area (Å²) in [5.41, 5.74) is 6.41. The molecule has 3 aliphatic rings. The number of hydrogen-bond donors (Lipinski definition) is 2. The molecule has 5 rings (SSSR count). The summed E-state index contributed by atoms with van der Waals surface area (Å²) in [5, 5.41) is 12.6. The van der Waals surface area contributed by atoms with E-state index in [1.807, 2.05) is 0 Å². The van der Waals surface area contributed by atoms with Gasteiger partial charge < -0.3 is 15.0 Å². The highest BCUT2D eigenvalue weighted by Crippen LogP contribution is 2.49. The summed E-state index contributed by atoms with van der Waals surface area (Å²) < 4.78 is 2.41. The number of hydrogen-bond acceptors (Lipinski definition) is 2. The molecule has 3 fully saturated rings. The van der Waals surface area contributed by atoms with Gasteiger partial charge in [0.1, 0.15) is 0 Å². The number of rotatable bonds is 7. The summed E-state index contributed by atoms with van der Waals surface area (Å²) in [4.78, 5) is 25.1. The zero-order valence-electron chi connectivity index (χ0n) is 24.2. The van der Waals surface area contributed by atoms with Crippen LogP contribution in [0.4, 0.5) is 0 Å². The topological polar surface area (TPSA) is 71.3 Å². The average Bonchev–Trinajstić information content (AvgIpc) is 3.52. The van der Waals surface area contributed by atoms with Gasteiger partial charge in [0.15, 0.2) is 0 Å². The van der Waals surface area contributed by atoms with Crippen LogP contribution in [0.25, 0.3) is 11.3 Å². The third-order valence-electron chi connectivity index (χ3n) is 9.81. The molecular weight excluding hydrogens is 472 g/mol. The summed E-state index contributed by atoms with van der Waals surface area (Å²) in [6, 6.07) is 9.14. The van der Waals surface area contributed by atoms with E-state index in [-0.39, 0.29) is 22.8 Å². The minimum Gasteiger partial charge on any atom is -0.481 e. The lowest BCUT2D eigenvalue weighted by molar-refractivity contribution is -0.154. The first-order valence-electron chi connectivity index (χ1n) is 14.7. The molecule has 0 radical (unpaired) electrons. The van der Waals surface area contributed by atoms with Crippen LogP contribution in [0.15, 0.2) is 24.3 Å². The Hall–Kier alpha value is -2.56. The maximum Gasteiger partial charge on any atom is 0.309 e. The number of aromatic nitrogens is 1. The first-order chi connectivity index (χ1) is 17.8. The van der Waals surface area contributed by atoms with E-state index in [2.05, 4.69) is 68.8 Å². The van der Waals surface area contributed by atoms with Gasteiger partial charge in [0.25, 0.3) is 5.91 Å². The maximum absolute atomic E-state index is 13.5. The largest absolute Gasteiger partial charge is 0.481 e. The molecule has 5 heteroatoms. The van der Waals surface area contributed by atoms with E-state index in [9.17, 15) is 14.7 Å². The molecule has 0 spiro atoms. The van der Waals surface area contributed by atoms with Crippen molar-refractivity contribution < 1.29 is 14.7 Å². The van der Waals surface area contributed by atoms with Crippen molar-refractivity contribution in [2.45, 2.75) is 123 Å². The molecule has 38 heavy (non-hydrogen) atoms. The van der Waals surface area contributed by atoms with E-state index < -0.39 is 11.4 Å². The van der Waals surface area contributed by atoms with Crippen LogP contribution in [0.3, 0.4) is 0 Å². The van der Waals surface area contributed by atoms with Crippen molar-refractivity contribution in [2.24, 2.45) is 11.3 Å². The van der Waals surface area contributed by atoms with Crippen molar-refractivity contribution in [1.82, 2.24) is 9.88 Å². The third kappa shape index (κ3) is 5.18. The second kappa shape index (κ2) is 9.57. The van der Waals surface area contributed by atoms with Gasteiger partial charge in [-0.3, -0.25) is 9.59 Å². The molecule has 1 aromatic carbocycles. The Bertz CT molecular complexity index is 1210. The quantitative estimate of drug-likeness (QED) is 0.402. The first-order valence-corrected chi connectivity index (χ1v) is 14.7. The first kappa shape index (κ1) is 27.0. The van der Waals surface area contributed by atoms with Crippen LogP contribution >= 0.6 is 0 Å². The van der Waals surface area contributed by atoms with E-state index >= 15 is 0 Å². The van der Waals surface area contributed by atoms with Crippen LogP contribution in [0.2, 0.25) is 0 Å². The summed E-state index contributed by atoms with van der Waals surface area (Å²) in [7, 11) is 0. The zero-order chi connectivity index (χ0) is 27.5. The van der Waals surface area contributed by atoms with Crippen molar-refractivity contribution in [3.8, 4) is 11.3 Å². The second-order valence-electron chi connectivity index (χ2n) is 14.2. The number of carboxylic acids is 1. The fourth-order valence-corrected chi connectivity index (χ4v) is 6.58. The minimum atomic E-state index is -0.779. The highest BCUT2D eigenvalue weighted by Gasteiger charge is 2.47. The molecule has 5 nitrogen and oxygen atoms in total. The van der Waals surface area contributed by atoms with Crippen molar-refractivity contribution in [2.75, 3.05) is 0 Å². The van der Waals surface area contributed by atoms with E-state index in [4.69, 9.17) is 0 Å². The van der Waals surface area contributed by atoms with E-state index in [0.717, 1.165) is 23.5 Å². The molecule has 0 bridgehead atoms. The average molecular weight is 519 g/mol. The minimum absolute atomic E-state index is 0.0348. The summed E-state index contributed by atoms with van der Waals surface area (Å²) in [5.74, 6) is -0.220. The Balaban J connectivity index is 1.52. The number of benzene rings is 1. The molecule has 2 N–H and O–H groups in total. The van der Waals surface area contributed by atoms with Crippen molar-refractivity contribution in [3.63, 3.8) is 0 Å². The highest BCUT2D eigenvalue weighted by atomic mass is 16.4. The van der Waals surface area contributed by atoms with E-state index in [1.165, 1.54) is 61.6 Å². The monoisotopic (exact) mass is 518 g/mol. The summed E-state index contributed by atoms with van der Waals surface area (Å²) in [6.07, 6.45) is 9.84. The Kier molecular flexibility index (Phi) is 6.81. The van der Waals surface area contributed by atoms with Crippen LogP contribution in [-0.4, -0.2) is 27.6 Å². The fourth-order valence-electron chi connectivity index (χ4n) is 6.58. The van der Waals surface area contributed by atoms with Crippen LogP contribution in [0.1, 0.15) is 120 Å². The van der Waals surface area contributed by atoms with E-state index in [0.29, 0.717) is 18.8 Å². The van der Waals surface area contributed by atoms with E-state index in [1.54, 1.807) is 6.92 Å². The zero-order valence-corrected chi connectivity index (χ0v) is 24.2. The number of amides is 1. The van der Waals surface area contributed by atoms with Gasteiger partial charge in [0.2, 0.25) is 0 Å². The molecular formula is C33H46N2O3. The molecule has 0 aliphatic heterocycles. The van der Waals surface area contributed by atoms with Gasteiger partial charge in [0, 0.05) is 24.0 Å². The number of aliphatic carboxylic acids is 1. The third-order valence-corrected chi connectivity index (χ3v) is 9.81. The molecule has 3 saturated carbocycles. The maximum atomic E-state index is 13.5. The van der Waals surface area contributed by atoms with Gasteiger partial charge in [0.05, 0.1) is 11.0 Å². The van der Waals surface area contributed by atoms with Gasteiger partial charge in [-0.05, 0) is 104 Å². The summed E-state index contributed by atoms with van der Waals surface area (Å²) in [6.45, 7) is 14.0. The molecule has 0 saturated heterocycles. The lowest BCUT2D eigenvalue weighted by Gasteiger charge is -2.41. The van der Waals surface area contributed by atoms with Crippen LogP contribution < -0.4 is 5.32 Å². The molecule has 206 valence electrons. The standard InChI is InChI=1S/C33H46N2O3/c1-21-27(29(36)34-26-18-33(6,19-26)30(37)38)17-28(35(21)20-22-10-8-7-9-11-22)23-14-24(31(2,3)4)16-25(15-23)32(5)12-13-32/h14-17,22,26H,7-13,18-20H2,1-6H3,(H,34,36)(H,37,38)/t26-,33-. The van der Waals surface area contributed by atoms with Gasteiger partial charge in [-0.25, -0.2) is 0 Å². The summed E-state index contributed by atoms with van der Waals surface area (Å²) >= 11 is 0. The Labute approximate surface area is 228 Å². The number of carboxylic acid groups (broad SMARTS) is 1. The van der Waals surface area contributed by atoms with Crippen molar-refractivity contribution in [1.29, 1.82) is 0 Å². The molecule has 0 unspecified atom stereocenters. The molecule has 3 aliphatic carbocycles. The molecule has 1 heterocycles. The predicted octanol–water partition coefficient (Wildman–Crippen LogP) is 7.38. The van der Waals surface area contributed by atoms with Crippen LogP contribution in [0.5, 0.6) is 0 Å². The van der Waals surface area contributed by atoms with Crippen molar-refractivity contribution in [3.05, 3.63) is 46.6 Å². The smallest absolute Gasteiger partial charge is 0.309 e. The van der Waals surface area contributed by atoms with Crippen LogP contribution in [0, 0.1) is 18.3 Å². The fraction of sp³-hybridized carbons (Fsp3) is 0.636. The molecule has 2 aromatic rings. The lowest BCUT2D eigenvalue weighted by Crippen LogP contribution is -2.52. The molecule has 0 atom stereocenters. The Morgan fingerprint density at radius 3 is 2.26 bits per heavy atom. The van der Waals surface area contributed by atoms with Gasteiger partial charge in [-0.15, -0.1) is 0 Å². The number of carbonyl (C=O) groups excluding carboxylic acids is 1. The van der Waals surface area contributed by atoms with Gasteiger partial charge >= 0.3 is 5.97 Å². The Morgan fingerprint density at radius 2 is 1.68 bits per heavy atom. The number of carbonyl (C=O) groups is 2. The van der Waals surface area contributed by atoms with Gasteiger partial charge in [-0.2, -0.15) is 0 Å². The molecule has 1 aromatic heterocycles. The highest BCUT2D eigenvalue weighted by molar-refractivity contribution is 5.97. The van der Waals surface area contributed by atoms with Gasteiger partial charge in [-0.1, -0.05) is 53.0 Å². The number of nitrogens with zero attached hydrogens (tertiary/aromatic N) is 1. The van der Waals surface area contributed by atoms with Crippen molar-refractivity contribution >= 4 is 11.9 Å². The van der Waals surface area contributed by atoms with Crippen LogP contribution in [-0.2, 0) is 22.2 Å². The predicted molar refractivity (Wildman–Crippen MR) is 153 cm³/mol. The number of nitrogens with one attached hydrogen (secondary N) is 1. The lowest BCUT2D eigenvalue weighted by atomic mass is 9.67. The second-order valence-corrected chi connectivity index (χ2v) is 14.2. The Morgan fingerprint density at radius 1 is 1.03 bits per heavy atom.